The number of hydrogen-bond donors (Lipinski definition) is 1. The average Bonchev–Trinajstić information content (AvgIpc) is 3.06. The normalized spacial score (nSPS) is 26.8. The summed E-state index contributed by atoms with van der Waals surface area (Å²) < 4.78 is 38.3. The molecule has 3 rings (SSSR count). The molecule has 1 aliphatic carbocycles. The fraction of sp³-hybridized carbons (Fsp3) is 0.652. The lowest BCUT2D eigenvalue weighted by molar-refractivity contribution is -0.137. The van der Waals surface area contributed by atoms with Gasteiger partial charge >= 0.3 is 6.18 Å². The quantitative estimate of drug-likeness (QED) is 0.749. The molecule has 1 aromatic rings. The first-order chi connectivity index (χ1) is 13.8. The first-order valence-electron chi connectivity index (χ1n) is 10.6. The SMILES string of the molecule is C[C@H]1C[C@@H]2[C@@H](CC(=O)N2Cc2ccc(C(F)(F)F)cc2)[C@@H]1CNC(=O)CC(C)(C)C. The molecule has 0 unspecified atom stereocenters. The molecule has 0 bridgehead atoms. The van der Waals surface area contributed by atoms with Crippen molar-refractivity contribution in [1.82, 2.24) is 10.2 Å². The van der Waals surface area contributed by atoms with Crippen LogP contribution < -0.4 is 5.32 Å². The number of carbonyl (C=O) groups is 2. The zero-order chi connectivity index (χ0) is 22.3. The molecule has 1 N–H and O–H groups in total. The summed E-state index contributed by atoms with van der Waals surface area (Å²) in [5.74, 6) is 0.863. The van der Waals surface area contributed by atoms with Gasteiger partial charge in [0.15, 0.2) is 0 Å². The highest BCUT2D eigenvalue weighted by molar-refractivity contribution is 5.80. The van der Waals surface area contributed by atoms with E-state index in [-0.39, 0.29) is 35.1 Å². The van der Waals surface area contributed by atoms with Crippen LogP contribution in [0, 0.1) is 23.2 Å². The molecule has 1 heterocycles. The number of likely N-dealkylation sites (tertiary alicyclic amines) is 1. The van der Waals surface area contributed by atoms with Crippen LogP contribution in [-0.4, -0.2) is 29.3 Å². The number of halogens is 3. The number of alkyl halides is 3. The summed E-state index contributed by atoms with van der Waals surface area (Å²) in [4.78, 5) is 26.7. The Kier molecular flexibility index (Phi) is 6.21. The summed E-state index contributed by atoms with van der Waals surface area (Å²) in [6, 6.07) is 5.12. The fourth-order valence-corrected chi connectivity index (χ4v) is 4.92. The van der Waals surface area contributed by atoms with Gasteiger partial charge in [0, 0.05) is 32.0 Å². The highest BCUT2D eigenvalue weighted by Gasteiger charge is 2.50. The van der Waals surface area contributed by atoms with Crippen LogP contribution in [0.5, 0.6) is 0 Å². The molecule has 166 valence electrons. The van der Waals surface area contributed by atoms with Crippen LogP contribution in [0.25, 0.3) is 0 Å². The number of benzene rings is 1. The molecule has 0 aromatic heterocycles. The topological polar surface area (TPSA) is 49.4 Å². The maximum Gasteiger partial charge on any atom is 0.416 e. The van der Waals surface area contributed by atoms with Gasteiger partial charge in [-0.15, -0.1) is 0 Å². The molecular formula is C23H31F3N2O2. The predicted octanol–water partition coefficient (Wildman–Crippen LogP) is 4.63. The molecule has 30 heavy (non-hydrogen) atoms. The van der Waals surface area contributed by atoms with Crippen molar-refractivity contribution < 1.29 is 22.8 Å². The second-order valence-corrected chi connectivity index (χ2v) is 10.1. The zero-order valence-electron chi connectivity index (χ0n) is 18.1. The van der Waals surface area contributed by atoms with Gasteiger partial charge in [0.05, 0.1) is 5.56 Å². The van der Waals surface area contributed by atoms with Gasteiger partial charge in [0.25, 0.3) is 0 Å². The molecule has 0 spiro atoms. The van der Waals surface area contributed by atoms with Crippen molar-refractivity contribution in [3.05, 3.63) is 35.4 Å². The minimum atomic E-state index is -4.36. The molecule has 2 amide bonds. The van der Waals surface area contributed by atoms with E-state index in [1.807, 2.05) is 25.7 Å². The van der Waals surface area contributed by atoms with Crippen LogP contribution in [-0.2, 0) is 22.3 Å². The summed E-state index contributed by atoms with van der Waals surface area (Å²) in [7, 11) is 0. The highest BCUT2D eigenvalue weighted by Crippen LogP contribution is 2.46. The van der Waals surface area contributed by atoms with Gasteiger partial charge in [-0.2, -0.15) is 13.2 Å². The Hall–Kier alpha value is -2.05. The molecule has 1 saturated heterocycles. The van der Waals surface area contributed by atoms with E-state index in [9.17, 15) is 22.8 Å². The molecule has 1 saturated carbocycles. The van der Waals surface area contributed by atoms with Crippen LogP contribution in [0.15, 0.2) is 24.3 Å². The van der Waals surface area contributed by atoms with E-state index in [0.717, 1.165) is 18.6 Å². The Morgan fingerprint density at radius 2 is 1.80 bits per heavy atom. The van der Waals surface area contributed by atoms with Gasteiger partial charge < -0.3 is 10.2 Å². The number of amides is 2. The average molecular weight is 425 g/mol. The summed E-state index contributed by atoms with van der Waals surface area (Å²) in [6.07, 6.45) is -2.61. The first-order valence-corrected chi connectivity index (χ1v) is 10.6. The highest BCUT2D eigenvalue weighted by atomic mass is 19.4. The van der Waals surface area contributed by atoms with Gasteiger partial charge in [-0.3, -0.25) is 9.59 Å². The van der Waals surface area contributed by atoms with Crippen molar-refractivity contribution in [2.75, 3.05) is 6.54 Å². The Labute approximate surface area is 176 Å². The van der Waals surface area contributed by atoms with Crippen LogP contribution >= 0.6 is 0 Å². The van der Waals surface area contributed by atoms with E-state index in [1.54, 1.807) is 0 Å². The second kappa shape index (κ2) is 8.23. The standard InChI is InChI=1S/C23H31F3N2O2/c1-14-9-19-17(18(14)12-27-20(29)11-22(2,3)4)10-21(30)28(19)13-15-5-7-16(8-6-15)23(24,25)26/h5-8,14,17-19H,9-13H2,1-4H3,(H,27,29)/t14-,17-,18+,19+/m0/s1. The lowest BCUT2D eigenvalue weighted by Crippen LogP contribution is -2.35. The van der Waals surface area contributed by atoms with Crippen LogP contribution in [0.1, 0.15) is 58.1 Å². The Morgan fingerprint density at radius 3 is 2.37 bits per heavy atom. The monoisotopic (exact) mass is 424 g/mol. The maximum atomic E-state index is 12.8. The number of fused-ring (bicyclic) bond motifs is 1. The van der Waals surface area contributed by atoms with E-state index in [0.29, 0.717) is 37.4 Å². The number of rotatable bonds is 5. The van der Waals surface area contributed by atoms with Gasteiger partial charge in [0.2, 0.25) is 11.8 Å². The minimum absolute atomic E-state index is 0.0316. The Balaban J connectivity index is 1.63. The van der Waals surface area contributed by atoms with E-state index in [2.05, 4.69) is 12.2 Å². The summed E-state index contributed by atoms with van der Waals surface area (Å²) >= 11 is 0. The number of carbonyl (C=O) groups excluding carboxylic acids is 2. The molecule has 4 atom stereocenters. The molecule has 2 fully saturated rings. The van der Waals surface area contributed by atoms with E-state index in [4.69, 9.17) is 0 Å². The van der Waals surface area contributed by atoms with Crippen molar-refractivity contribution in [2.45, 2.75) is 65.7 Å². The number of hydrogen-bond acceptors (Lipinski definition) is 2. The van der Waals surface area contributed by atoms with E-state index in [1.165, 1.54) is 12.1 Å². The Morgan fingerprint density at radius 1 is 1.17 bits per heavy atom. The lowest BCUT2D eigenvalue weighted by Gasteiger charge is -2.25. The van der Waals surface area contributed by atoms with Crippen LogP contribution in [0.3, 0.4) is 0 Å². The molecule has 1 aromatic carbocycles. The van der Waals surface area contributed by atoms with Crippen LogP contribution in [0.4, 0.5) is 13.2 Å². The van der Waals surface area contributed by atoms with Gasteiger partial charge in [0.1, 0.15) is 0 Å². The lowest BCUT2D eigenvalue weighted by atomic mass is 9.88. The van der Waals surface area contributed by atoms with Crippen molar-refractivity contribution >= 4 is 11.8 Å². The number of nitrogens with one attached hydrogen (secondary N) is 1. The molecular weight excluding hydrogens is 393 g/mol. The van der Waals surface area contributed by atoms with Gasteiger partial charge in [-0.1, -0.05) is 39.8 Å². The van der Waals surface area contributed by atoms with Crippen molar-refractivity contribution in [3.8, 4) is 0 Å². The molecule has 7 heteroatoms. The fourth-order valence-electron chi connectivity index (χ4n) is 4.92. The van der Waals surface area contributed by atoms with Crippen molar-refractivity contribution in [3.63, 3.8) is 0 Å². The summed E-state index contributed by atoms with van der Waals surface area (Å²) in [5, 5.41) is 3.05. The second-order valence-electron chi connectivity index (χ2n) is 10.1. The maximum absolute atomic E-state index is 12.8. The predicted molar refractivity (Wildman–Crippen MR) is 108 cm³/mol. The minimum Gasteiger partial charge on any atom is -0.356 e. The third kappa shape index (κ3) is 5.16. The van der Waals surface area contributed by atoms with Crippen molar-refractivity contribution in [2.24, 2.45) is 23.2 Å². The van der Waals surface area contributed by atoms with Crippen molar-refractivity contribution in [1.29, 1.82) is 0 Å². The van der Waals surface area contributed by atoms with E-state index >= 15 is 0 Å². The molecule has 4 nitrogen and oxygen atoms in total. The summed E-state index contributed by atoms with van der Waals surface area (Å²) in [5.41, 5.74) is -0.0561. The van der Waals surface area contributed by atoms with E-state index < -0.39 is 11.7 Å². The summed E-state index contributed by atoms with van der Waals surface area (Å²) in [6.45, 7) is 9.12. The smallest absolute Gasteiger partial charge is 0.356 e. The number of nitrogens with zero attached hydrogens (tertiary/aromatic N) is 1. The van der Waals surface area contributed by atoms with Gasteiger partial charge in [-0.25, -0.2) is 0 Å². The largest absolute Gasteiger partial charge is 0.416 e. The zero-order valence-corrected chi connectivity index (χ0v) is 18.1. The molecule has 0 radical (unpaired) electrons. The Bertz CT molecular complexity index is 783. The third-order valence-corrected chi connectivity index (χ3v) is 6.38. The third-order valence-electron chi connectivity index (χ3n) is 6.38. The first kappa shape index (κ1) is 22.6. The molecule has 2 aliphatic rings. The van der Waals surface area contributed by atoms with Crippen LogP contribution in [0.2, 0.25) is 0 Å². The molecule has 1 aliphatic heterocycles. The van der Waals surface area contributed by atoms with Gasteiger partial charge in [-0.05, 0) is 47.3 Å².